The van der Waals surface area contributed by atoms with Crippen LogP contribution in [0, 0.1) is 10.1 Å². The molecule has 1 aliphatic rings. The van der Waals surface area contributed by atoms with Crippen molar-refractivity contribution in [2.45, 2.75) is 39.8 Å². The van der Waals surface area contributed by atoms with E-state index in [4.69, 9.17) is 9.47 Å². The summed E-state index contributed by atoms with van der Waals surface area (Å²) in [5.41, 5.74) is 0.303. The second-order valence-corrected chi connectivity index (χ2v) is 7.12. The summed E-state index contributed by atoms with van der Waals surface area (Å²) in [5.74, 6) is -1.07. The highest BCUT2D eigenvalue weighted by molar-refractivity contribution is 5.93. The fourth-order valence-corrected chi connectivity index (χ4v) is 3.33. The van der Waals surface area contributed by atoms with Gasteiger partial charge in [0.05, 0.1) is 23.7 Å². The van der Waals surface area contributed by atoms with Crippen molar-refractivity contribution >= 4 is 23.3 Å². The Hall–Kier alpha value is -2.68. The molecule has 1 fully saturated rings. The van der Waals surface area contributed by atoms with Crippen LogP contribution in [0.1, 0.15) is 38.1 Å². The first-order valence-electron chi connectivity index (χ1n) is 9.31. The molecule has 0 bridgehead atoms. The molecule has 1 aromatic rings. The minimum absolute atomic E-state index is 0.0277. The Balaban J connectivity index is 2.12. The summed E-state index contributed by atoms with van der Waals surface area (Å²) < 4.78 is 10.4. The third-order valence-corrected chi connectivity index (χ3v) is 4.49. The second kappa shape index (κ2) is 9.50. The van der Waals surface area contributed by atoms with Gasteiger partial charge in [0.1, 0.15) is 5.69 Å². The molecule has 1 amide bonds. The molecule has 1 aliphatic heterocycles. The molecule has 0 aromatic heterocycles. The van der Waals surface area contributed by atoms with Crippen LogP contribution in [0.3, 0.4) is 0 Å². The van der Waals surface area contributed by atoms with Crippen LogP contribution in [-0.4, -0.2) is 66.7 Å². The zero-order valence-electron chi connectivity index (χ0n) is 16.7. The summed E-state index contributed by atoms with van der Waals surface area (Å²) in [4.78, 5) is 39.1. The average Bonchev–Trinajstić information content (AvgIpc) is 2.65. The lowest BCUT2D eigenvalue weighted by atomic mass is 10.1. The number of nitro benzene ring substituents is 1. The maximum absolute atomic E-state index is 12.3. The van der Waals surface area contributed by atoms with E-state index in [0.717, 1.165) is 0 Å². The van der Waals surface area contributed by atoms with Crippen molar-refractivity contribution in [2.75, 3.05) is 37.8 Å². The fourth-order valence-electron chi connectivity index (χ4n) is 3.33. The Bertz CT molecular complexity index is 720. The van der Waals surface area contributed by atoms with Gasteiger partial charge in [0.2, 0.25) is 0 Å². The van der Waals surface area contributed by atoms with E-state index in [1.165, 1.54) is 18.2 Å². The lowest BCUT2D eigenvalue weighted by Crippen LogP contribution is -2.44. The number of nitro groups is 1. The first-order chi connectivity index (χ1) is 13.2. The van der Waals surface area contributed by atoms with Crippen molar-refractivity contribution in [3.63, 3.8) is 0 Å². The fraction of sp³-hybridized carbons (Fsp3) is 0.579. The number of morpholine rings is 1. The van der Waals surface area contributed by atoms with Gasteiger partial charge in [-0.25, -0.2) is 4.79 Å². The zero-order chi connectivity index (χ0) is 20.8. The van der Waals surface area contributed by atoms with Crippen molar-refractivity contribution in [2.24, 2.45) is 0 Å². The molecule has 1 saturated heterocycles. The van der Waals surface area contributed by atoms with E-state index >= 15 is 0 Å². The maximum atomic E-state index is 12.3. The molecule has 0 spiro atoms. The molecular formula is C19H27N3O6. The third kappa shape index (κ3) is 5.19. The highest BCUT2D eigenvalue weighted by Gasteiger charge is 2.25. The SMILES string of the molecule is CC(C)N(C(=O)COC(=O)c1ccc(N2CCOCC2)c([N+](=O)[O-])c1)C(C)C. The Morgan fingerprint density at radius 2 is 1.82 bits per heavy atom. The van der Waals surface area contributed by atoms with Crippen LogP contribution in [0.25, 0.3) is 0 Å². The average molecular weight is 393 g/mol. The van der Waals surface area contributed by atoms with Gasteiger partial charge < -0.3 is 19.3 Å². The van der Waals surface area contributed by atoms with E-state index in [2.05, 4.69) is 0 Å². The van der Waals surface area contributed by atoms with Crippen molar-refractivity contribution in [3.05, 3.63) is 33.9 Å². The number of esters is 1. The zero-order valence-corrected chi connectivity index (χ0v) is 16.7. The normalized spacial score (nSPS) is 14.3. The molecule has 0 radical (unpaired) electrons. The summed E-state index contributed by atoms with van der Waals surface area (Å²) in [6.07, 6.45) is 0. The molecule has 0 atom stereocenters. The Kier molecular flexibility index (Phi) is 7.33. The molecule has 0 unspecified atom stereocenters. The van der Waals surface area contributed by atoms with Crippen LogP contribution < -0.4 is 4.90 Å². The number of nitrogens with zero attached hydrogens (tertiary/aromatic N) is 3. The molecule has 9 nitrogen and oxygen atoms in total. The van der Waals surface area contributed by atoms with Gasteiger partial charge in [-0.05, 0) is 39.8 Å². The van der Waals surface area contributed by atoms with E-state index in [0.29, 0.717) is 32.0 Å². The van der Waals surface area contributed by atoms with Crippen molar-refractivity contribution in [1.82, 2.24) is 4.90 Å². The second-order valence-electron chi connectivity index (χ2n) is 7.12. The lowest BCUT2D eigenvalue weighted by Gasteiger charge is -2.30. The summed E-state index contributed by atoms with van der Waals surface area (Å²) in [6.45, 7) is 9.19. The molecule has 0 N–H and O–H groups in total. The van der Waals surface area contributed by atoms with Crippen molar-refractivity contribution < 1.29 is 24.0 Å². The van der Waals surface area contributed by atoms with Crippen LogP contribution in [0.4, 0.5) is 11.4 Å². The number of hydrogen-bond donors (Lipinski definition) is 0. The highest BCUT2D eigenvalue weighted by atomic mass is 16.6. The smallest absolute Gasteiger partial charge is 0.338 e. The number of ether oxygens (including phenoxy) is 2. The van der Waals surface area contributed by atoms with Crippen LogP contribution in [0.2, 0.25) is 0 Å². The maximum Gasteiger partial charge on any atom is 0.338 e. The van der Waals surface area contributed by atoms with Gasteiger partial charge >= 0.3 is 5.97 Å². The molecule has 1 aromatic carbocycles. The predicted octanol–water partition coefficient (Wildman–Crippen LogP) is 2.23. The van der Waals surface area contributed by atoms with E-state index in [1.807, 2.05) is 32.6 Å². The summed E-state index contributed by atoms with van der Waals surface area (Å²) in [6, 6.07) is 4.16. The number of amides is 1. The first kappa shape index (κ1) is 21.6. The first-order valence-corrected chi connectivity index (χ1v) is 9.31. The van der Waals surface area contributed by atoms with E-state index in [-0.39, 0.29) is 29.2 Å². The van der Waals surface area contributed by atoms with Gasteiger partial charge in [-0.1, -0.05) is 0 Å². The monoisotopic (exact) mass is 393 g/mol. The number of benzene rings is 1. The molecular weight excluding hydrogens is 366 g/mol. The van der Waals surface area contributed by atoms with Crippen LogP contribution in [0.5, 0.6) is 0 Å². The van der Waals surface area contributed by atoms with Crippen molar-refractivity contribution in [1.29, 1.82) is 0 Å². The minimum Gasteiger partial charge on any atom is -0.452 e. The number of hydrogen-bond acceptors (Lipinski definition) is 7. The number of anilines is 1. The number of rotatable bonds is 7. The molecule has 0 saturated carbocycles. The standard InChI is InChI=1S/C19H27N3O6/c1-13(2)21(14(3)4)18(23)12-28-19(24)15-5-6-16(17(11-15)22(25)26)20-7-9-27-10-8-20/h5-6,11,13-14H,7-10,12H2,1-4H3. The third-order valence-electron chi connectivity index (χ3n) is 4.49. The van der Waals surface area contributed by atoms with E-state index in [1.54, 1.807) is 4.90 Å². The highest BCUT2D eigenvalue weighted by Crippen LogP contribution is 2.30. The van der Waals surface area contributed by atoms with Gasteiger partial charge in [-0.15, -0.1) is 0 Å². The molecule has 154 valence electrons. The van der Waals surface area contributed by atoms with Gasteiger partial charge in [0, 0.05) is 31.2 Å². The van der Waals surface area contributed by atoms with Gasteiger partial charge in [0.15, 0.2) is 6.61 Å². The Morgan fingerprint density at radius 3 is 2.36 bits per heavy atom. The van der Waals surface area contributed by atoms with Crippen LogP contribution in [0.15, 0.2) is 18.2 Å². The molecule has 9 heteroatoms. The minimum atomic E-state index is -0.766. The largest absolute Gasteiger partial charge is 0.452 e. The van der Waals surface area contributed by atoms with Crippen LogP contribution >= 0.6 is 0 Å². The quantitative estimate of drug-likeness (QED) is 0.398. The summed E-state index contributed by atoms with van der Waals surface area (Å²) in [5, 5.41) is 11.5. The van der Waals surface area contributed by atoms with E-state index < -0.39 is 17.5 Å². The van der Waals surface area contributed by atoms with E-state index in [9.17, 15) is 19.7 Å². The topological polar surface area (TPSA) is 102 Å². The Morgan fingerprint density at radius 1 is 1.21 bits per heavy atom. The lowest BCUT2D eigenvalue weighted by molar-refractivity contribution is -0.384. The molecule has 2 rings (SSSR count). The molecule has 28 heavy (non-hydrogen) atoms. The predicted molar refractivity (Wildman–Crippen MR) is 104 cm³/mol. The Labute approximate surface area is 164 Å². The number of carbonyl (C=O) groups excluding carboxylic acids is 2. The van der Waals surface area contributed by atoms with Gasteiger partial charge in [-0.2, -0.15) is 0 Å². The molecule has 0 aliphatic carbocycles. The summed E-state index contributed by atoms with van der Waals surface area (Å²) >= 11 is 0. The van der Waals surface area contributed by atoms with Gasteiger partial charge in [-0.3, -0.25) is 14.9 Å². The van der Waals surface area contributed by atoms with Crippen molar-refractivity contribution in [3.8, 4) is 0 Å². The number of carbonyl (C=O) groups is 2. The van der Waals surface area contributed by atoms with Crippen LogP contribution in [-0.2, 0) is 14.3 Å². The summed E-state index contributed by atoms with van der Waals surface area (Å²) in [7, 11) is 0. The molecule has 1 heterocycles. The van der Waals surface area contributed by atoms with Gasteiger partial charge in [0.25, 0.3) is 11.6 Å².